The van der Waals surface area contributed by atoms with Gasteiger partial charge in [0.15, 0.2) is 0 Å². The molecule has 1 amide bonds. The van der Waals surface area contributed by atoms with E-state index < -0.39 is 0 Å². The average molecular weight is 397 g/mol. The number of hydrogen-bond acceptors (Lipinski definition) is 4. The Hall–Kier alpha value is -2.60. The number of amides is 1. The second-order valence-electron chi connectivity index (χ2n) is 8.10. The van der Waals surface area contributed by atoms with Crippen molar-refractivity contribution in [1.29, 1.82) is 0 Å². The van der Waals surface area contributed by atoms with E-state index in [1.807, 2.05) is 12.1 Å². The van der Waals surface area contributed by atoms with Crippen LogP contribution >= 0.6 is 0 Å². The van der Waals surface area contributed by atoms with E-state index in [9.17, 15) is 9.18 Å². The quantitative estimate of drug-likeness (QED) is 0.830. The molecule has 4 rings (SSSR count). The van der Waals surface area contributed by atoms with Crippen molar-refractivity contribution < 1.29 is 13.9 Å². The summed E-state index contributed by atoms with van der Waals surface area (Å²) >= 11 is 0. The van der Waals surface area contributed by atoms with Crippen LogP contribution in [-0.4, -0.2) is 36.5 Å². The van der Waals surface area contributed by atoms with Crippen LogP contribution in [0.15, 0.2) is 42.5 Å². The molecule has 2 aromatic carbocycles. The summed E-state index contributed by atoms with van der Waals surface area (Å²) in [5, 5.41) is 6.77. The summed E-state index contributed by atoms with van der Waals surface area (Å²) in [6.45, 7) is 2.82. The SMILES string of the molecule is COc1ccc(CN2CCC[C@@]3(CC2)CC(=O)NCc2ccccc2N3)c(F)c1. The summed E-state index contributed by atoms with van der Waals surface area (Å²) in [4.78, 5) is 14.8. The molecule has 0 aromatic heterocycles. The molecule has 1 saturated heterocycles. The first-order chi connectivity index (χ1) is 14.1. The molecule has 2 N–H and O–H groups in total. The number of carbonyl (C=O) groups is 1. The van der Waals surface area contributed by atoms with Crippen LogP contribution in [0.2, 0.25) is 0 Å². The van der Waals surface area contributed by atoms with Crippen LogP contribution in [-0.2, 0) is 17.9 Å². The van der Waals surface area contributed by atoms with Gasteiger partial charge in [-0.3, -0.25) is 9.69 Å². The predicted octanol–water partition coefficient (Wildman–Crippen LogP) is 3.69. The number of benzene rings is 2. The van der Waals surface area contributed by atoms with Gasteiger partial charge >= 0.3 is 0 Å². The lowest BCUT2D eigenvalue weighted by Crippen LogP contribution is -2.46. The molecule has 2 aliphatic rings. The van der Waals surface area contributed by atoms with Gasteiger partial charge in [0.25, 0.3) is 0 Å². The van der Waals surface area contributed by atoms with Gasteiger partial charge in [-0.25, -0.2) is 4.39 Å². The van der Waals surface area contributed by atoms with Crippen molar-refractivity contribution in [2.75, 3.05) is 25.5 Å². The second-order valence-corrected chi connectivity index (χ2v) is 8.10. The van der Waals surface area contributed by atoms with Crippen LogP contribution in [0.4, 0.5) is 10.1 Å². The first kappa shape index (κ1) is 19.7. The number of ether oxygens (including phenoxy) is 1. The lowest BCUT2D eigenvalue weighted by atomic mass is 9.85. The van der Waals surface area contributed by atoms with Crippen molar-refractivity contribution in [3.63, 3.8) is 0 Å². The van der Waals surface area contributed by atoms with Crippen LogP contribution in [0.25, 0.3) is 0 Å². The molecule has 0 unspecified atom stereocenters. The lowest BCUT2D eigenvalue weighted by molar-refractivity contribution is -0.122. The Morgan fingerprint density at radius 2 is 2.03 bits per heavy atom. The normalized spacial score (nSPS) is 22.6. The summed E-state index contributed by atoms with van der Waals surface area (Å²) in [6, 6.07) is 13.2. The smallest absolute Gasteiger partial charge is 0.222 e. The summed E-state index contributed by atoms with van der Waals surface area (Å²) in [7, 11) is 1.54. The zero-order chi connectivity index (χ0) is 20.3. The van der Waals surface area contributed by atoms with E-state index in [-0.39, 0.29) is 17.3 Å². The molecule has 0 saturated carbocycles. The van der Waals surface area contributed by atoms with Crippen LogP contribution in [0.5, 0.6) is 5.75 Å². The van der Waals surface area contributed by atoms with Gasteiger partial charge in [0.05, 0.1) is 7.11 Å². The third-order valence-corrected chi connectivity index (χ3v) is 6.08. The van der Waals surface area contributed by atoms with E-state index in [4.69, 9.17) is 4.74 Å². The first-order valence-electron chi connectivity index (χ1n) is 10.2. The summed E-state index contributed by atoms with van der Waals surface area (Å²) < 4.78 is 19.5. The van der Waals surface area contributed by atoms with Crippen molar-refractivity contribution in [3.8, 4) is 5.75 Å². The van der Waals surface area contributed by atoms with Crippen molar-refractivity contribution in [1.82, 2.24) is 10.2 Å². The minimum Gasteiger partial charge on any atom is -0.497 e. The van der Waals surface area contributed by atoms with Crippen molar-refractivity contribution in [3.05, 3.63) is 59.4 Å². The third kappa shape index (κ3) is 4.53. The molecular weight excluding hydrogens is 369 g/mol. The number of carbonyl (C=O) groups excluding carboxylic acids is 1. The number of hydrogen-bond donors (Lipinski definition) is 2. The maximum absolute atomic E-state index is 14.4. The molecule has 2 aromatic rings. The molecule has 0 radical (unpaired) electrons. The molecule has 1 spiro atoms. The molecule has 1 atom stereocenters. The Kier molecular flexibility index (Phi) is 5.72. The van der Waals surface area contributed by atoms with Gasteiger partial charge in [-0.2, -0.15) is 0 Å². The van der Waals surface area contributed by atoms with E-state index in [2.05, 4.69) is 27.7 Å². The summed E-state index contributed by atoms with van der Waals surface area (Å²) in [5.41, 5.74) is 2.62. The number of nitrogens with zero attached hydrogens (tertiary/aromatic N) is 1. The van der Waals surface area contributed by atoms with E-state index >= 15 is 0 Å². The molecular formula is C23H28FN3O2. The monoisotopic (exact) mass is 397 g/mol. The Morgan fingerprint density at radius 1 is 1.17 bits per heavy atom. The Bertz CT molecular complexity index is 888. The Balaban J connectivity index is 1.49. The zero-order valence-corrected chi connectivity index (χ0v) is 16.8. The topological polar surface area (TPSA) is 53.6 Å². The van der Waals surface area contributed by atoms with Gasteiger partial charge in [-0.15, -0.1) is 0 Å². The third-order valence-electron chi connectivity index (χ3n) is 6.08. The largest absolute Gasteiger partial charge is 0.497 e. The van der Waals surface area contributed by atoms with Gasteiger partial charge < -0.3 is 15.4 Å². The number of para-hydroxylation sites is 1. The average Bonchev–Trinajstić information content (AvgIpc) is 2.90. The number of anilines is 1. The van der Waals surface area contributed by atoms with Crippen molar-refractivity contribution in [2.24, 2.45) is 0 Å². The number of likely N-dealkylation sites (tertiary alicyclic amines) is 1. The standard InChI is InChI=1S/C23H28FN3O2/c1-29-19-8-7-18(20(24)13-19)16-27-11-4-9-23(10-12-27)14-22(28)25-15-17-5-2-3-6-21(17)26-23/h2-3,5-8,13,26H,4,9-12,14-16H2,1H3,(H,25,28)/t23-/m1/s1. The maximum atomic E-state index is 14.4. The van der Waals surface area contributed by atoms with Crippen LogP contribution in [0.3, 0.4) is 0 Å². The van der Waals surface area contributed by atoms with Gasteiger partial charge in [-0.1, -0.05) is 24.3 Å². The van der Waals surface area contributed by atoms with E-state index in [0.29, 0.717) is 30.8 Å². The molecule has 0 bridgehead atoms. The number of halogens is 1. The highest BCUT2D eigenvalue weighted by Gasteiger charge is 2.36. The van der Waals surface area contributed by atoms with E-state index in [1.54, 1.807) is 19.2 Å². The van der Waals surface area contributed by atoms with Crippen LogP contribution < -0.4 is 15.4 Å². The van der Waals surface area contributed by atoms with Gasteiger partial charge in [0.1, 0.15) is 11.6 Å². The molecule has 154 valence electrons. The maximum Gasteiger partial charge on any atom is 0.222 e. The highest BCUT2D eigenvalue weighted by Crippen LogP contribution is 2.33. The fraction of sp³-hybridized carbons (Fsp3) is 0.435. The molecule has 29 heavy (non-hydrogen) atoms. The van der Waals surface area contributed by atoms with Crippen LogP contribution in [0, 0.1) is 5.82 Å². The van der Waals surface area contributed by atoms with Gasteiger partial charge in [0, 0.05) is 48.9 Å². The molecule has 2 heterocycles. The van der Waals surface area contributed by atoms with Gasteiger partial charge in [0.2, 0.25) is 5.91 Å². The predicted molar refractivity (Wildman–Crippen MR) is 111 cm³/mol. The first-order valence-corrected chi connectivity index (χ1v) is 10.2. The second kappa shape index (κ2) is 8.41. The number of nitrogens with one attached hydrogen (secondary N) is 2. The minimum absolute atomic E-state index is 0.0849. The summed E-state index contributed by atoms with van der Waals surface area (Å²) in [5.74, 6) is 0.381. The summed E-state index contributed by atoms with van der Waals surface area (Å²) in [6.07, 6.45) is 3.18. The van der Waals surface area contributed by atoms with Crippen LogP contribution in [0.1, 0.15) is 36.8 Å². The zero-order valence-electron chi connectivity index (χ0n) is 16.8. The van der Waals surface area contributed by atoms with Crippen molar-refractivity contribution in [2.45, 2.75) is 44.3 Å². The highest BCUT2D eigenvalue weighted by molar-refractivity contribution is 5.79. The van der Waals surface area contributed by atoms with E-state index in [1.165, 1.54) is 6.07 Å². The fourth-order valence-corrected chi connectivity index (χ4v) is 4.42. The Morgan fingerprint density at radius 3 is 2.86 bits per heavy atom. The number of fused-ring (bicyclic) bond motifs is 1. The molecule has 5 nitrogen and oxygen atoms in total. The van der Waals surface area contributed by atoms with Crippen molar-refractivity contribution >= 4 is 11.6 Å². The minimum atomic E-state index is -0.270. The highest BCUT2D eigenvalue weighted by atomic mass is 19.1. The van der Waals surface area contributed by atoms with Gasteiger partial charge in [-0.05, 0) is 43.5 Å². The fourth-order valence-electron chi connectivity index (χ4n) is 4.42. The molecule has 0 aliphatic carbocycles. The lowest BCUT2D eigenvalue weighted by Gasteiger charge is -2.37. The van der Waals surface area contributed by atoms with E-state index in [0.717, 1.165) is 43.6 Å². The number of rotatable bonds is 3. The molecule has 1 fully saturated rings. The number of methoxy groups -OCH3 is 1. The molecule has 2 aliphatic heterocycles. The Labute approximate surface area is 171 Å². The molecule has 6 heteroatoms.